The lowest BCUT2D eigenvalue weighted by molar-refractivity contribution is -0.141. The lowest BCUT2D eigenvalue weighted by Gasteiger charge is -2.29. The summed E-state index contributed by atoms with van der Waals surface area (Å²) >= 11 is 21.9. The van der Waals surface area contributed by atoms with Crippen LogP contribution in [0.15, 0.2) is 170 Å². The normalized spacial score (nSPS) is 17.8. The Bertz CT molecular complexity index is 5720. The zero-order valence-electron chi connectivity index (χ0n) is 70.1. The highest BCUT2D eigenvalue weighted by Gasteiger charge is 2.56. The Morgan fingerprint density at radius 3 is 0.815 bits per heavy atom. The van der Waals surface area contributed by atoms with Gasteiger partial charge < -0.3 is 68.8 Å². The number of alkyl halides is 12. The molecule has 3 atom stereocenters. The largest absolute Gasteiger partial charge is 0.508 e. The fourth-order valence-electron chi connectivity index (χ4n) is 14.0. The Hall–Kier alpha value is -12.7. The third-order valence-corrected chi connectivity index (χ3v) is 22.1. The van der Waals surface area contributed by atoms with Crippen molar-refractivity contribution in [1.29, 1.82) is 21.0 Å². The van der Waals surface area contributed by atoms with Crippen molar-refractivity contribution in [2.24, 2.45) is 0 Å². The van der Waals surface area contributed by atoms with Gasteiger partial charge in [0.2, 0.25) is 0 Å². The molecule has 0 bridgehead atoms. The lowest BCUT2D eigenvalue weighted by atomic mass is 10.0. The molecule has 0 spiro atoms. The maximum absolute atomic E-state index is 13.5. The summed E-state index contributed by atoms with van der Waals surface area (Å²) in [5, 5.41) is 82.0. The number of carbonyl (C=O) groups is 4. The number of aliphatic hydroxyl groups excluding tert-OH is 4. The predicted octanol–water partition coefficient (Wildman–Crippen LogP) is 15.7. The highest BCUT2D eigenvalue weighted by molar-refractivity contribution is 7.81. The minimum Gasteiger partial charge on any atom is -0.508 e. The van der Waals surface area contributed by atoms with Crippen molar-refractivity contribution < 1.29 is 121 Å². The van der Waals surface area contributed by atoms with E-state index in [2.05, 4.69) is 0 Å². The molecule has 26 nitrogen and oxygen atoms in total. The summed E-state index contributed by atoms with van der Waals surface area (Å²) in [5.41, 5.74) is -9.75. The molecule has 0 aromatic heterocycles. The number of aliphatic hydroxyl groups is 4. The van der Waals surface area contributed by atoms with Crippen LogP contribution in [0.2, 0.25) is 0 Å². The van der Waals surface area contributed by atoms with E-state index in [1.54, 1.807) is 145 Å². The summed E-state index contributed by atoms with van der Waals surface area (Å²) in [6.07, 6.45) is -21.3. The first-order valence-electron chi connectivity index (χ1n) is 38.6. The van der Waals surface area contributed by atoms with Crippen molar-refractivity contribution in [2.45, 2.75) is 140 Å². The van der Waals surface area contributed by atoms with Gasteiger partial charge in [0.25, 0.3) is 23.6 Å². The van der Waals surface area contributed by atoms with E-state index in [-0.39, 0.29) is 68.3 Å². The molecule has 0 unspecified atom stereocenters. The van der Waals surface area contributed by atoms with Gasteiger partial charge in [0.1, 0.15) is 83.3 Å². The number of anilines is 8. The van der Waals surface area contributed by atoms with Crippen LogP contribution < -0.4 is 53.4 Å². The second-order valence-electron chi connectivity index (χ2n) is 31.7. The van der Waals surface area contributed by atoms with Gasteiger partial charge in [-0.05, 0) is 288 Å². The zero-order chi connectivity index (χ0) is 96.4. The van der Waals surface area contributed by atoms with Crippen LogP contribution in [0, 0.1) is 45.3 Å². The van der Waals surface area contributed by atoms with E-state index in [1.807, 2.05) is 13.8 Å². The number of benzene rings is 8. The standard InChI is InChI=1S/C25H24F3N3O4S.2C22H20F3N3O4S.C19H14F3N3O2S/c1-23(2)21(32)30(17-6-5-15(12-29)20(11-17)25(26,27)28)22(36)31(23)16-7-9-18(10-8-16)33-13-19-14-34-24(3,4)35-19;2*1-21(2)19(31)27(15-4-3-13(10-26)18(9-15)22(23,24)25)20(33)28(21)14-5-7-17(8-6-14)32-12-16(30)11-29;1-18(2)16(27)24(17(28)25(18)12-5-7-14(26)8-6-12)13-4-3-11(10-23)15(9-13)19(20,21)22/h5-11,19H,13-14H2,1-4H3;2*3-9,16,29-30H,11-12H2,1-2H3;3-9,26H,1-2H3/t19-;2*16-;/m011./s1. The first-order chi connectivity index (χ1) is 60.5. The predicted molar refractivity (Wildman–Crippen MR) is 466 cm³/mol. The fourth-order valence-corrected chi connectivity index (χ4v) is 16.1. The molecule has 130 heavy (non-hydrogen) atoms. The van der Waals surface area contributed by atoms with Crippen LogP contribution in [0.1, 0.15) is 114 Å². The molecule has 5 heterocycles. The van der Waals surface area contributed by atoms with Gasteiger partial charge in [0.15, 0.2) is 26.2 Å². The van der Waals surface area contributed by atoms with Gasteiger partial charge in [-0.2, -0.15) is 73.7 Å². The highest BCUT2D eigenvalue weighted by Crippen LogP contribution is 2.47. The Morgan fingerprint density at radius 1 is 0.385 bits per heavy atom. The van der Waals surface area contributed by atoms with E-state index in [0.717, 1.165) is 68.1 Å². The zero-order valence-corrected chi connectivity index (χ0v) is 73.4. The Morgan fingerprint density at radius 2 is 0.608 bits per heavy atom. The SMILES string of the molecule is CC1(C)C(=O)N(c2ccc(C#N)c(C(F)(F)F)c2)C(=S)N1c1ccc(O)cc1.CC1(C)C(=O)N(c2ccc(C#N)c(C(F)(F)F)c2)C(=S)N1c1ccc(OC[C@H](O)CO)cc1.CC1(C)C(=O)N(c2ccc(C#N)c(C(F)(F)F)c2)C(=S)N1c1ccc(OC[C@H](O)CO)cc1.CC1(C)OC[C@H](COc2ccc(N3C(=S)N(c4ccc(C#N)c(C(F)(F)F)c4)C(=O)C3(C)C)cc2)O1. The number of hydrogen-bond acceptors (Lipinski definition) is 22. The Kier molecular flexibility index (Phi) is 29.2. The molecule has 5 N–H and O–H groups in total. The molecule has 5 saturated heterocycles. The monoisotopic (exact) mass is 1880 g/mol. The molecule has 8 aromatic carbocycles. The number of aromatic hydroxyl groups is 1. The number of nitrogens with zero attached hydrogens (tertiary/aromatic N) is 12. The van der Waals surface area contributed by atoms with Crippen molar-refractivity contribution in [3.63, 3.8) is 0 Å². The van der Waals surface area contributed by atoms with Crippen LogP contribution >= 0.6 is 48.9 Å². The third-order valence-electron chi connectivity index (χ3n) is 20.6. The summed E-state index contributed by atoms with van der Waals surface area (Å²) in [7, 11) is 0. The molecule has 8 aromatic rings. The van der Waals surface area contributed by atoms with Crippen molar-refractivity contribution in [3.8, 4) is 47.3 Å². The summed E-state index contributed by atoms with van der Waals surface area (Å²) in [5.74, 6) is -1.32. The number of rotatable bonds is 19. The topological polar surface area (TPSA) is 337 Å². The average molecular weight is 1880 g/mol. The molecule has 4 amide bonds. The molecular weight excluding hydrogens is 1810 g/mol. The number of phenols is 1. The number of halogens is 12. The number of carbonyl (C=O) groups excluding carboxylic acids is 4. The van der Waals surface area contributed by atoms with Gasteiger partial charge in [0.05, 0.1) is 111 Å². The second kappa shape index (κ2) is 38.1. The van der Waals surface area contributed by atoms with Gasteiger partial charge >= 0.3 is 24.7 Å². The van der Waals surface area contributed by atoms with E-state index in [1.165, 1.54) is 75.4 Å². The van der Waals surface area contributed by atoms with Crippen molar-refractivity contribution in [1.82, 2.24) is 0 Å². The van der Waals surface area contributed by atoms with Crippen LogP contribution in [0.4, 0.5) is 98.2 Å². The number of hydrogen-bond donors (Lipinski definition) is 5. The van der Waals surface area contributed by atoms with E-state index in [0.29, 0.717) is 53.2 Å². The molecule has 682 valence electrons. The van der Waals surface area contributed by atoms with Crippen molar-refractivity contribution >= 4 is 138 Å². The van der Waals surface area contributed by atoms with E-state index in [4.69, 9.17) is 104 Å². The highest BCUT2D eigenvalue weighted by atomic mass is 32.1. The van der Waals surface area contributed by atoms with Crippen molar-refractivity contribution in [3.05, 3.63) is 214 Å². The quantitative estimate of drug-likeness (QED) is 0.0371. The van der Waals surface area contributed by atoms with Crippen LogP contribution in [0.3, 0.4) is 0 Å². The molecule has 0 saturated carbocycles. The number of phenolic OH excluding ortho intramolecular Hbond substituents is 1. The number of nitriles is 4. The molecule has 13 rings (SSSR count). The second-order valence-corrected chi connectivity index (χ2v) is 33.1. The summed E-state index contributed by atoms with van der Waals surface area (Å²) in [4.78, 5) is 62.9. The summed E-state index contributed by atoms with van der Waals surface area (Å²) in [6.45, 7) is 16.1. The summed E-state index contributed by atoms with van der Waals surface area (Å²) in [6, 6.07) is 43.8. The van der Waals surface area contributed by atoms with Crippen LogP contribution in [0.5, 0.6) is 23.0 Å². The Balaban J connectivity index is 0.000000181. The van der Waals surface area contributed by atoms with Gasteiger partial charge in [0, 0.05) is 22.7 Å². The fraction of sp³-hybridized carbons (Fsp3) is 0.318. The van der Waals surface area contributed by atoms with Gasteiger partial charge in [-0.3, -0.25) is 38.8 Å². The maximum Gasteiger partial charge on any atom is 0.417 e. The van der Waals surface area contributed by atoms with Crippen LogP contribution in [-0.2, 0) is 53.4 Å². The minimum absolute atomic E-state index is 0.00137. The molecule has 5 fully saturated rings. The number of thiocarbonyl (C=S) groups is 4. The summed E-state index contributed by atoms with van der Waals surface area (Å²) < 4.78 is 189. The lowest BCUT2D eigenvalue weighted by Crippen LogP contribution is -2.44. The van der Waals surface area contributed by atoms with Crippen molar-refractivity contribution in [2.75, 3.05) is 78.8 Å². The third kappa shape index (κ3) is 20.8. The average Bonchev–Trinajstić information content (AvgIpc) is 1.59. The van der Waals surface area contributed by atoms with Crippen LogP contribution in [0.25, 0.3) is 0 Å². The number of amides is 4. The van der Waals surface area contributed by atoms with Gasteiger partial charge in [-0.1, -0.05) is 0 Å². The molecule has 42 heteroatoms. The number of ether oxygens (including phenoxy) is 5. The van der Waals surface area contributed by atoms with E-state index >= 15 is 0 Å². The van der Waals surface area contributed by atoms with E-state index in [9.17, 15) is 87.2 Å². The molecule has 5 aliphatic rings. The van der Waals surface area contributed by atoms with E-state index < -0.39 is 146 Å². The smallest absolute Gasteiger partial charge is 0.417 e. The molecule has 0 radical (unpaired) electrons. The van der Waals surface area contributed by atoms with Gasteiger partial charge in [-0.25, -0.2) is 0 Å². The Labute approximate surface area is 757 Å². The first-order valence-corrected chi connectivity index (χ1v) is 40.3. The minimum atomic E-state index is -4.78. The maximum atomic E-state index is 13.5. The van der Waals surface area contributed by atoms with Crippen LogP contribution in [-0.4, -0.2) is 156 Å². The first kappa shape index (κ1) is 99.4. The molecule has 0 aliphatic carbocycles. The molecule has 5 aliphatic heterocycles. The molecular formula is C88H78F12N12O14S4. The van der Waals surface area contributed by atoms with Gasteiger partial charge in [-0.15, -0.1) is 0 Å².